The smallest absolute Gasteiger partial charge is 0.240 e. The van der Waals surface area contributed by atoms with Gasteiger partial charge in [-0.25, -0.2) is 4.68 Å². The van der Waals surface area contributed by atoms with Crippen molar-refractivity contribution in [2.45, 2.75) is 26.1 Å². The standard InChI is InChI=1S/C6H8F3N3/c1-2-5-3-10-11-12(5)4-6(7,8)9/h3H,2,4H2,1H3. The summed E-state index contributed by atoms with van der Waals surface area (Å²) in [6.45, 7) is 0.696. The van der Waals surface area contributed by atoms with E-state index >= 15 is 0 Å². The van der Waals surface area contributed by atoms with Crippen molar-refractivity contribution >= 4 is 0 Å². The first-order valence-corrected chi connectivity index (χ1v) is 3.47. The van der Waals surface area contributed by atoms with Crippen molar-refractivity contribution in [1.82, 2.24) is 15.0 Å². The Morgan fingerprint density at radius 3 is 2.67 bits per heavy atom. The van der Waals surface area contributed by atoms with Crippen molar-refractivity contribution in [3.05, 3.63) is 11.9 Å². The minimum atomic E-state index is -4.22. The van der Waals surface area contributed by atoms with Gasteiger partial charge in [0.25, 0.3) is 0 Å². The van der Waals surface area contributed by atoms with E-state index in [0.29, 0.717) is 12.1 Å². The Bertz CT molecular complexity index is 253. The van der Waals surface area contributed by atoms with E-state index in [0.717, 1.165) is 4.68 Å². The molecule has 0 aliphatic rings. The Morgan fingerprint density at radius 1 is 1.50 bits per heavy atom. The Hall–Kier alpha value is -1.07. The zero-order valence-electron chi connectivity index (χ0n) is 6.47. The molecule has 0 amide bonds. The zero-order valence-corrected chi connectivity index (χ0v) is 6.47. The number of hydrogen-bond donors (Lipinski definition) is 0. The van der Waals surface area contributed by atoms with Crippen LogP contribution in [0.15, 0.2) is 6.20 Å². The number of aryl methyl sites for hydroxylation is 1. The van der Waals surface area contributed by atoms with E-state index in [2.05, 4.69) is 10.3 Å². The lowest BCUT2D eigenvalue weighted by molar-refractivity contribution is -0.143. The second kappa shape index (κ2) is 3.12. The number of aromatic nitrogens is 3. The molecule has 68 valence electrons. The summed E-state index contributed by atoms with van der Waals surface area (Å²) >= 11 is 0. The molecular weight excluding hydrogens is 171 g/mol. The van der Waals surface area contributed by atoms with Crippen LogP contribution in [-0.2, 0) is 13.0 Å². The van der Waals surface area contributed by atoms with Crippen LogP contribution in [0.25, 0.3) is 0 Å². The number of rotatable bonds is 2. The summed E-state index contributed by atoms with van der Waals surface area (Å²) in [5, 5.41) is 6.71. The fraction of sp³-hybridized carbons (Fsp3) is 0.667. The molecule has 1 aromatic rings. The Kier molecular flexibility index (Phi) is 2.35. The molecule has 0 aliphatic heterocycles. The van der Waals surface area contributed by atoms with Gasteiger partial charge in [-0.1, -0.05) is 12.1 Å². The molecule has 0 radical (unpaired) electrons. The molecule has 0 spiro atoms. The van der Waals surface area contributed by atoms with E-state index in [-0.39, 0.29) is 0 Å². The topological polar surface area (TPSA) is 30.7 Å². The summed E-state index contributed by atoms with van der Waals surface area (Å²) in [7, 11) is 0. The molecule has 1 heterocycles. The van der Waals surface area contributed by atoms with Gasteiger partial charge in [-0.15, -0.1) is 5.10 Å². The molecule has 0 aliphatic carbocycles. The first-order valence-electron chi connectivity index (χ1n) is 3.47. The average Bonchev–Trinajstić information content (AvgIpc) is 2.31. The molecule has 0 saturated heterocycles. The van der Waals surface area contributed by atoms with E-state index in [1.807, 2.05) is 0 Å². The number of nitrogens with zero attached hydrogens (tertiary/aromatic N) is 3. The molecule has 0 unspecified atom stereocenters. The molecule has 1 aromatic heterocycles. The van der Waals surface area contributed by atoms with Crippen molar-refractivity contribution in [1.29, 1.82) is 0 Å². The maximum absolute atomic E-state index is 11.8. The molecule has 0 N–H and O–H groups in total. The van der Waals surface area contributed by atoms with Crippen LogP contribution >= 0.6 is 0 Å². The molecule has 1 rings (SSSR count). The highest BCUT2D eigenvalue weighted by atomic mass is 19.4. The summed E-state index contributed by atoms with van der Waals surface area (Å²) in [6.07, 6.45) is -2.38. The van der Waals surface area contributed by atoms with E-state index < -0.39 is 12.7 Å². The number of halogens is 3. The van der Waals surface area contributed by atoms with Crippen LogP contribution in [0.3, 0.4) is 0 Å². The maximum atomic E-state index is 11.8. The second-order valence-corrected chi connectivity index (χ2v) is 2.35. The third-order valence-electron chi connectivity index (χ3n) is 1.39. The van der Waals surface area contributed by atoms with Gasteiger partial charge in [-0.2, -0.15) is 13.2 Å². The predicted molar refractivity (Wildman–Crippen MR) is 35.5 cm³/mol. The summed E-state index contributed by atoms with van der Waals surface area (Å²) < 4.78 is 36.4. The molecular formula is C6H8F3N3. The third kappa shape index (κ3) is 2.21. The minimum absolute atomic E-state index is 0.493. The first-order chi connectivity index (χ1) is 5.53. The van der Waals surface area contributed by atoms with Gasteiger partial charge in [0.1, 0.15) is 6.54 Å². The average molecular weight is 179 g/mol. The molecule has 3 nitrogen and oxygen atoms in total. The van der Waals surface area contributed by atoms with Gasteiger partial charge in [-0.05, 0) is 6.42 Å². The van der Waals surface area contributed by atoms with Crippen LogP contribution < -0.4 is 0 Å². The van der Waals surface area contributed by atoms with Gasteiger partial charge in [0, 0.05) is 0 Å². The van der Waals surface area contributed by atoms with E-state index in [4.69, 9.17) is 0 Å². The van der Waals surface area contributed by atoms with E-state index in [9.17, 15) is 13.2 Å². The van der Waals surface area contributed by atoms with Crippen molar-refractivity contribution in [3.63, 3.8) is 0 Å². The first kappa shape index (κ1) is 9.02. The van der Waals surface area contributed by atoms with Gasteiger partial charge in [0.15, 0.2) is 0 Å². The number of hydrogen-bond acceptors (Lipinski definition) is 2. The third-order valence-corrected chi connectivity index (χ3v) is 1.39. The van der Waals surface area contributed by atoms with Crippen molar-refractivity contribution in [3.8, 4) is 0 Å². The van der Waals surface area contributed by atoms with Crippen molar-refractivity contribution in [2.24, 2.45) is 0 Å². The van der Waals surface area contributed by atoms with Gasteiger partial charge >= 0.3 is 6.18 Å². The summed E-state index contributed by atoms with van der Waals surface area (Å²) in [4.78, 5) is 0. The molecule has 0 atom stereocenters. The fourth-order valence-electron chi connectivity index (χ4n) is 0.856. The van der Waals surface area contributed by atoms with Crippen molar-refractivity contribution < 1.29 is 13.2 Å². The molecule has 0 bridgehead atoms. The summed E-state index contributed by atoms with van der Waals surface area (Å²) in [5.74, 6) is 0. The van der Waals surface area contributed by atoms with E-state index in [1.165, 1.54) is 6.20 Å². The lowest BCUT2D eigenvalue weighted by Gasteiger charge is -2.07. The van der Waals surface area contributed by atoms with Crippen LogP contribution in [0.1, 0.15) is 12.6 Å². The van der Waals surface area contributed by atoms with Crippen molar-refractivity contribution in [2.75, 3.05) is 0 Å². The van der Waals surface area contributed by atoms with Crippen LogP contribution in [0.5, 0.6) is 0 Å². The molecule has 12 heavy (non-hydrogen) atoms. The Balaban J connectivity index is 2.75. The largest absolute Gasteiger partial charge is 0.408 e. The normalized spacial score (nSPS) is 12.0. The van der Waals surface area contributed by atoms with Gasteiger partial charge in [0.2, 0.25) is 0 Å². The monoisotopic (exact) mass is 179 g/mol. The molecule has 0 aromatic carbocycles. The predicted octanol–water partition coefficient (Wildman–Crippen LogP) is 1.40. The Morgan fingerprint density at radius 2 is 2.17 bits per heavy atom. The van der Waals surface area contributed by atoms with Gasteiger partial charge in [0.05, 0.1) is 11.9 Å². The molecule has 0 saturated carbocycles. The van der Waals surface area contributed by atoms with Crippen LogP contribution in [0, 0.1) is 0 Å². The fourth-order valence-corrected chi connectivity index (χ4v) is 0.856. The summed E-state index contributed by atoms with van der Waals surface area (Å²) in [6, 6.07) is 0. The zero-order chi connectivity index (χ0) is 9.19. The Labute approximate surface area is 67.2 Å². The molecule has 0 fully saturated rings. The highest BCUT2D eigenvalue weighted by Crippen LogP contribution is 2.17. The highest BCUT2D eigenvalue weighted by Gasteiger charge is 2.29. The van der Waals surface area contributed by atoms with Gasteiger partial charge in [-0.3, -0.25) is 0 Å². The SMILES string of the molecule is CCc1cnnn1CC(F)(F)F. The molecule has 6 heteroatoms. The lowest BCUT2D eigenvalue weighted by atomic mass is 10.3. The minimum Gasteiger partial charge on any atom is -0.240 e. The van der Waals surface area contributed by atoms with Crippen LogP contribution in [0.2, 0.25) is 0 Å². The lowest BCUT2D eigenvalue weighted by Crippen LogP contribution is -2.20. The van der Waals surface area contributed by atoms with Crippen LogP contribution in [-0.4, -0.2) is 21.2 Å². The summed E-state index contributed by atoms with van der Waals surface area (Å²) in [5.41, 5.74) is 0.493. The number of alkyl halides is 3. The van der Waals surface area contributed by atoms with E-state index in [1.54, 1.807) is 6.92 Å². The second-order valence-electron chi connectivity index (χ2n) is 2.35. The maximum Gasteiger partial charge on any atom is 0.408 e. The van der Waals surface area contributed by atoms with Gasteiger partial charge < -0.3 is 0 Å². The van der Waals surface area contributed by atoms with Crippen LogP contribution in [0.4, 0.5) is 13.2 Å². The quantitative estimate of drug-likeness (QED) is 0.687. The highest BCUT2D eigenvalue weighted by molar-refractivity contribution is 4.92.